The lowest BCUT2D eigenvalue weighted by molar-refractivity contribution is -0.129. The van der Waals surface area contributed by atoms with Crippen molar-refractivity contribution in [2.75, 3.05) is 17.2 Å². The molecule has 3 aromatic rings. The van der Waals surface area contributed by atoms with Crippen molar-refractivity contribution >= 4 is 40.8 Å². The number of fused-ring (bicyclic) bond motifs is 1. The molecule has 0 radical (unpaired) electrons. The monoisotopic (exact) mass is 457 g/mol. The van der Waals surface area contributed by atoms with Gasteiger partial charge in [0.25, 0.3) is 5.91 Å². The number of anilines is 2. The summed E-state index contributed by atoms with van der Waals surface area (Å²) >= 11 is 6.41. The first kappa shape index (κ1) is 22.0. The van der Waals surface area contributed by atoms with E-state index in [0.29, 0.717) is 46.5 Å². The van der Waals surface area contributed by atoms with E-state index in [1.54, 1.807) is 48.8 Å². The van der Waals surface area contributed by atoms with Gasteiger partial charge in [-0.1, -0.05) is 11.6 Å². The molecule has 0 saturated carbocycles. The lowest BCUT2D eigenvalue weighted by atomic mass is 10.1. The molecule has 32 heavy (non-hydrogen) atoms. The molecule has 0 spiro atoms. The Bertz CT molecular complexity index is 1140. The molecule has 10 heteroatoms. The summed E-state index contributed by atoms with van der Waals surface area (Å²) in [6, 6.07) is 5.22. The highest BCUT2D eigenvalue weighted by atomic mass is 35.5. The Morgan fingerprint density at radius 3 is 2.81 bits per heavy atom. The second-order valence-corrected chi connectivity index (χ2v) is 8.20. The van der Waals surface area contributed by atoms with Gasteiger partial charge >= 0.3 is 6.09 Å². The van der Waals surface area contributed by atoms with E-state index in [9.17, 15) is 9.59 Å². The molecule has 1 atom stereocenters. The van der Waals surface area contributed by atoms with E-state index in [1.165, 1.54) is 6.20 Å². The van der Waals surface area contributed by atoms with Gasteiger partial charge in [0.2, 0.25) is 5.78 Å². The summed E-state index contributed by atoms with van der Waals surface area (Å²) in [5, 5.41) is 6.01. The molecule has 2 amide bonds. The third-order valence-electron chi connectivity index (χ3n) is 4.88. The van der Waals surface area contributed by atoms with Crippen LogP contribution in [0.3, 0.4) is 0 Å². The Morgan fingerprint density at radius 2 is 2.06 bits per heavy atom. The quantitative estimate of drug-likeness (QED) is 0.583. The van der Waals surface area contributed by atoms with Gasteiger partial charge in [-0.25, -0.2) is 14.8 Å². The molecule has 1 aliphatic heterocycles. The number of rotatable bonds is 5. The number of benzene rings is 1. The van der Waals surface area contributed by atoms with Crippen molar-refractivity contribution in [3.8, 4) is 11.3 Å². The number of nitrogens with zero attached hydrogens (tertiary/aromatic N) is 3. The fourth-order valence-corrected chi connectivity index (χ4v) is 3.62. The maximum Gasteiger partial charge on any atom is 0.411 e. The molecule has 9 nitrogen and oxygen atoms in total. The van der Waals surface area contributed by atoms with E-state index in [-0.39, 0.29) is 12.0 Å². The van der Waals surface area contributed by atoms with E-state index >= 15 is 0 Å². The summed E-state index contributed by atoms with van der Waals surface area (Å²) in [5.41, 5.74) is 2.29. The lowest BCUT2D eigenvalue weighted by Gasteiger charge is -2.21. The Labute approximate surface area is 190 Å². The van der Waals surface area contributed by atoms with Gasteiger partial charge in [0.05, 0.1) is 28.7 Å². The van der Waals surface area contributed by atoms with Gasteiger partial charge in [-0.3, -0.25) is 14.5 Å². The molecule has 1 saturated heterocycles. The Hall–Kier alpha value is -3.17. The highest BCUT2D eigenvalue weighted by molar-refractivity contribution is 6.33. The van der Waals surface area contributed by atoms with Crippen LogP contribution in [0, 0.1) is 0 Å². The zero-order valence-electron chi connectivity index (χ0n) is 17.8. The molecule has 2 N–H and O–H groups in total. The van der Waals surface area contributed by atoms with Crippen molar-refractivity contribution in [3.63, 3.8) is 0 Å². The van der Waals surface area contributed by atoms with Crippen molar-refractivity contribution in [2.24, 2.45) is 0 Å². The van der Waals surface area contributed by atoms with Gasteiger partial charge in [0.15, 0.2) is 0 Å². The van der Waals surface area contributed by atoms with Crippen LogP contribution in [0.5, 0.6) is 0 Å². The van der Waals surface area contributed by atoms with Crippen LogP contribution in [0.25, 0.3) is 17.0 Å². The maximum atomic E-state index is 12.5. The molecule has 1 fully saturated rings. The van der Waals surface area contributed by atoms with Crippen LogP contribution in [-0.4, -0.2) is 45.2 Å². The number of aromatic nitrogens is 3. The average molecular weight is 458 g/mol. The zero-order chi connectivity index (χ0) is 22.7. The van der Waals surface area contributed by atoms with E-state index in [2.05, 4.69) is 20.6 Å². The first-order valence-corrected chi connectivity index (χ1v) is 10.8. The van der Waals surface area contributed by atoms with Gasteiger partial charge in [0, 0.05) is 30.3 Å². The minimum atomic E-state index is -0.560. The normalized spacial score (nSPS) is 16.2. The van der Waals surface area contributed by atoms with Crippen LogP contribution in [0.1, 0.15) is 33.1 Å². The molecular formula is C22H24ClN5O4. The third kappa shape index (κ3) is 5.17. The standard InChI is InChI=1S/C22H24ClN5O4/c1-13(2)32-22(30)26-15-10-24-21-27-18(12-28(21)11-15)16-9-14(6-7-17(16)23)25-20(29)19-5-3-4-8-31-19/h6-7,9-13,19H,3-5,8H2,1-2H3,(H,25,29)(H,26,30). The van der Waals surface area contributed by atoms with E-state index in [4.69, 9.17) is 21.1 Å². The molecule has 0 aliphatic carbocycles. The molecule has 1 aliphatic rings. The van der Waals surface area contributed by atoms with Gasteiger partial charge in [0.1, 0.15) is 6.10 Å². The van der Waals surface area contributed by atoms with Crippen LogP contribution in [0.4, 0.5) is 16.2 Å². The number of carbonyl (C=O) groups excluding carboxylic acids is 2. The summed E-state index contributed by atoms with van der Waals surface area (Å²) in [6.45, 7) is 4.14. The van der Waals surface area contributed by atoms with Crippen LogP contribution >= 0.6 is 11.6 Å². The summed E-state index contributed by atoms with van der Waals surface area (Å²) in [5.74, 6) is 0.266. The van der Waals surface area contributed by atoms with Crippen LogP contribution in [0.15, 0.2) is 36.8 Å². The second-order valence-electron chi connectivity index (χ2n) is 7.79. The minimum Gasteiger partial charge on any atom is -0.447 e. The largest absolute Gasteiger partial charge is 0.447 e. The molecule has 168 valence electrons. The van der Waals surface area contributed by atoms with Crippen molar-refractivity contribution in [1.82, 2.24) is 14.4 Å². The van der Waals surface area contributed by atoms with E-state index in [0.717, 1.165) is 12.8 Å². The first-order chi connectivity index (χ1) is 15.4. The van der Waals surface area contributed by atoms with Crippen LogP contribution < -0.4 is 10.6 Å². The van der Waals surface area contributed by atoms with Crippen molar-refractivity contribution in [3.05, 3.63) is 41.8 Å². The Kier molecular flexibility index (Phi) is 6.57. The third-order valence-corrected chi connectivity index (χ3v) is 5.21. The Morgan fingerprint density at radius 1 is 1.22 bits per heavy atom. The van der Waals surface area contributed by atoms with E-state index in [1.807, 2.05) is 0 Å². The SMILES string of the molecule is CC(C)OC(=O)Nc1cnc2nc(-c3cc(NC(=O)C4CCCCO4)ccc3Cl)cn2c1. The fraction of sp³-hybridized carbons (Fsp3) is 0.364. The smallest absolute Gasteiger partial charge is 0.411 e. The van der Waals surface area contributed by atoms with Gasteiger partial charge < -0.3 is 14.8 Å². The average Bonchev–Trinajstić information content (AvgIpc) is 3.18. The molecule has 0 bridgehead atoms. The van der Waals surface area contributed by atoms with Crippen molar-refractivity contribution in [1.29, 1.82) is 0 Å². The predicted molar refractivity (Wildman–Crippen MR) is 121 cm³/mol. The van der Waals surface area contributed by atoms with Gasteiger partial charge in [-0.2, -0.15) is 0 Å². The van der Waals surface area contributed by atoms with Crippen molar-refractivity contribution < 1.29 is 19.1 Å². The summed E-state index contributed by atoms with van der Waals surface area (Å²) in [4.78, 5) is 33.1. The van der Waals surface area contributed by atoms with Gasteiger partial charge in [-0.15, -0.1) is 0 Å². The number of hydrogen-bond acceptors (Lipinski definition) is 6. The van der Waals surface area contributed by atoms with E-state index < -0.39 is 12.2 Å². The molecule has 3 heterocycles. The van der Waals surface area contributed by atoms with Crippen LogP contribution in [0.2, 0.25) is 5.02 Å². The summed E-state index contributed by atoms with van der Waals surface area (Å²) in [7, 11) is 0. The first-order valence-electron chi connectivity index (χ1n) is 10.4. The van der Waals surface area contributed by atoms with Gasteiger partial charge in [-0.05, 0) is 51.3 Å². The molecule has 2 aromatic heterocycles. The predicted octanol–water partition coefficient (Wildman–Crippen LogP) is 4.51. The number of ether oxygens (including phenoxy) is 2. The molecular weight excluding hydrogens is 434 g/mol. The number of amides is 2. The van der Waals surface area contributed by atoms with Crippen LogP contribution in [-0.2, 0) is 14.3 Å². The number of nitrogens with one attached hydrogen (secondary N) is 2. The fourth-order valence-electron chi connectivity index (χ4n) is 3.41. The topological polar surface area (TPSA) is 107 Å². The number of hydrogen-bond donors (Lipinski definition) is 2. The highest BCUT2D eigenvalue weighted by Crippen LogP contribution is 2.30. The zero-order valence-corrected chi connectivity index (χ0v) is 18.6. The van der Waals surface area contributed by atoms with Crippen molar-refractivity contribution in [2.45, 2.75) is 45.3 Å². The number of imidazole rings is 1. The number of halogens is 1. The molecule has 1 aromatic carbocycles. The Balaban J connectivity index is 1.54. The lowest BCUT2D eigenvalue weighted by Crippen LogP contribution is -2.33. The second kappa shape index (κ2) is 9.54. The summed E-state index contributed by atoms with van der Waals surface area (Å²) < 4.78 is 12.3. The molecule has 1 unspecified atom stereocenters. The number of carbonyl (C=O) groups is 2. The summed E-state index contributed by atoms with van der Waals surface area (Å²) in [6.07, 6.45) is 6.37. The highest BCUT2D eigenvalue weighted by Gasteiger charge is 2.22. The maximum absolute atomic E-state index is 12.5. The minimum absolute atomic E-state index is 0.168. The molecule has 4 rings (SSSR count).